The molecule has 0 spiro atoms. The zero-order chi connectivity index (χ0) is 16.8. The molecular weight excluding hydrogens is 300 g/mol. The maximum atomic E-state index is 12.8. The van der Waals surface area contributed by atoms with E-state index in [2.05, 4.69) is 0 Å². The Balaban J connectivity index is 1.88. The molecule has 0 aliphatic carbocycles. The SMILES string of the molecule is O=C(Cn1ccccc1=O)N(Cc1ccccc1)c1ccccc1. The normalized spacial score (nSPS) is 10.3. The number of hydrogen-bond acceptors (Lipinski definition) is 2. The lowest BCUT2D eigenvalue weighted by Gasteiger charge is -2.23. The van der Waals surface area contributed by atoms with Gasteiger partial charge in [0.25, 0.3) is 5.56 Å². The number of amides is 1. The van der Waals surface area contributed by atoms with Crippen LogP contribution in [0.5, 0.6) is 0 Å². The highest BCUT2D eigenvalue weighted by Gasteiger charge is 2.16. The number of rotatable bonds is 5. The Morgan fingerprint density at radius 3 is 2.12 bits per heavy atom. The van der Waals surface area contributed by atoms with Gasteiger partial charge >= 0.3 is 0 Å². The summed E-state index contributed by atoms with van der Waals surface area (Å²) in [7, 11) is 0. The minimum atomic E-state index is -0.182. The fourth-order valence-electron chi connectivity index (χ4n) is 2.52. The zero-order valence-electron chi connectivity index (χ0n) is 13.2. The van der Waals surface area contributed by atoms with Crippen LogP contribution in [0.1, 0.15) is 5.56 Å². The van der Waals surface area contributed by atoms with E-state index in [4.69, 9.17) is 0 Å². The first-order valence-corrected chi connectivity index (χ1v) is 7.79. The van der Waals surface area contributed by atoms with Crippen LogP contribution in [0.25, 0.3) is 0 Å². The van der Waals surface area contributed by atoms with Gasteiger partial charge in [0.2, 0.25) is 5.91 Å². The van der Waals surface area contributed by atoms with Crippen LogP contribution in [-0.2, 0) is 17.9 Å². The van der Waals surface area contributed by atoms with Crippen molar-refractivity contribution < 1.29 is 4.79 Å². The van der Waals surface area contributed by atoms with Gasteiger partial charge in [0.15, 0.2) is 0 Å². The van der Waals surface area contributed by atoms with E-state index in [1.807, 2.05) is 60.7 Å². The van der Waals surface area contributed by atoms with E-state index < -0.39 is 0 Å². The van der Waals surface area contributed by atoms with Crippen molar-refractivity contribution in [1.29, 1.82) is 0 Å². The van der Waals surface area contributed by atoms with Crippen LogP contribution in [0.3, 0.4) is 0 Å². The van der Waals surface area contributed by atoms with Crippen LogP contribution < -0.4 is 10.5 Å². The van der Waals surface area contributed by atoms with E-state index >= 15 is 0 Å². The molecule has 4 nitrogen and oxygen atoms in total. The van der Waals surface area contributed by atoms with Crippen molar-refractivity contribution in [2.45, 2.75) is 13.1 Å². The van der Waals surface area contributed by atoms with Gasteiger partial charge in [0.1, 0.15) is 6.54 Å². The van der Waals surface area contributed by atoms with E-state index in [0.717, 1.165) is 11.3 Å². The Kier molecular flexibility index (Phi) is 4.87. The van der Waals surface area contributed by atoms with Crippen molar-refractivity contribution >= 4 is 11.6 Å². The van der Waals surface area contributed by atoms with E-state index in [1.54, 1.807) is 23.2 Å². The van der Waals surface area contributed by atoms with Crippen LogP contribution in [-0.4, -0.2) is 10.5 Å². The standard InChI is InChI=1S/C20H18N2O2/c23-19-13-7-8-14-21(19)16-20(24)22(18-11-5-2-6-12-18)15-17-9-3-1-4-10-17/h1-14H,15-16H2. The predicted molar refractivity (Wildman–Crippen MR) is 94.8 cm³/mol. The van der Waals surface area contributed by atoms with Crippen molar-refractivity contribution in [1.82, 2.24) is 4.57 Å². The summed E-state index contributed by atoms with van der Waals surface area (Å²) in [6, 6.07) is 24.2. The largest absolute Gasteiger partial charge is 0.306 e. The second kappa shape index (κ2) is 7.42. The second-order valence-corrected chi connectivity index (χ2v) is 5.47. The molecule has 1 amide bonds. The average molecular weight is 318 g/mol. The number of para-hydroxylation sites is 1. The summed E-state index contributed by atoms with van der Waals surface area (Å²) in [5, 5.41) is 0. The van der Waals surface area contributed by atoms with Gasteiger partial charge < -0.3 is 9.47 Å². The summed E-state index contributed by atoms with van der Waals surface area (Å²) in [5.41, 5.74) is 1.67. The van der Waals surface area contributed by atoms with Crippen LogP contribution in [0.4, 0.5) is 5.69 Å². The molecule has 0 N–H and O–H groups in total. The van der Waals surface area contributed by atoms with Gasteiger partial charge in [-0.1, -0.05) is 54.6 Å². The quantitative estimate of drug-likeness (QED) is 0.725. The molecule has 2 aromatic carbocycles. The van der Waals surface area contributed by atoms with Crippen molar-refractivity contribution in [3.63, 3.8) is 0 Å². The molecule has 120 valence electrons. The third kappa shape index (κ3) is 3.79. The predicted octanol–water partition coefficient (Wildman–Crippen LogP) is 3.08. The molecule has 0 radical (unpaired) electrons. The summed E-state index contributed by atoms with van der Waals surface area (Å²) in [4.78, 5) is 26.4. The molecule has 3 aromatic rings. The fraction of sp³-hybridized carbons (Fsp3) is 0.100. The third-order valence-corrected chi connectivity index (χ3v) is 3.76. The molecule has 4 heteroatoms. The Bertz CT molecular complexity index is 857. The topological polar surface area (TPSA) is 42.3 Å². The summed E-state index contributed by atoms with van der Waals surface area (Å²) < 4.78 is 1.42. The lowest BCUT2D eigenvalue weighted by molar-refractivity contribution is -0.119. The first kappa shape index (κ1) is 15.7. The summed E-state index contributed by atoms with van der Waals surface area (Å²) >= 11 is 0. The van der Waals surface area contributed by atoms with Gasteiger partial charge in [0.05, 0.1) is 6.54 Å². The van der Waals surface area contributed by atoms with Gasteiger partial charge in [-0.25, -0.2) is 0 Å². The number of carbonyl (C=O) groups is 1. The van der Waals surface area contributed by atoms with E-state index in [9.17, 15) is 9.59 Å². The lowest BCUT2D eigenvalue weighted by atomic mass is 10.2. The summed E-state index contributed by atoms with van der Waals surface area (Å²) in [5.74, 6) is -0.127. The number of aromatic nitrogens is 1. The molecule has 0 unspecified atom stereocenters. The van der Waals surface area contributed by atoms with Crippen molar-refractivity contribution in [3.05, 3.63) is 101 Å². The molecule has 1 aromatic heterocycles. The number of pyridine rings is 1. The Morgan fingerprint density at radius 1 is 0.833 bits per heavy atom. The average Bonchev–Trinajstić information content (AvgIpc) is 2.63. The second-order valence-electron chi connectivity index (χ2n) is 5.47. The van der Waals surface area contributed by atoms with Gasteiger partial charge in [-0.05, 0) is 23.8 Å². The highest BCUT2D eigenvalue weighted by atomic mass is 16.2. The lowest BCUT2D eigenvalue weighted by Crippen LogP contribution is -2.35. The number of carbonyl (C=O) groups excluding carboxylic acids is 1. The minimum Gasteiger partial charge on any atom is -0.306 e. The minimum absolute atomic E-state index is 0.0153. The van der Waals surface area contributed by atoms with Crippen LogP contribution in [0.15, 0.2) is 89.9 Å². The van der Waals surface area contributed by atoms with Gasteiger partial charge in [0, 0.05) is 18.0 Å². The molecule has 0 saturated heterocycles. The van der Waals surface area contributed by atoms with E-state index in [0.29, 0.717) is 6.54 Å². The first-order valence-electron chi connectivity index (χ1n) is 7.79. The number of nitrogens with zero attached hydrogens (tertiary/aromatic N) is 2. The molecule has 3 rings (SSSR count). The highest BCUT2D eigenvalue weighted by Crippen LogP contribution is 2.17. The molecule has 0 atom stereocenters. The van der Waals surface area contributed by atoms with Crippen LogP contribution in [0.2, 0.25) is 0 Å². The Morgan fingerprint density at radius 2 is 1.46 bits per heavy atom. The van der Waals surface area contributed by atoms with Crippen LogP contribution >= 0.6 is 0 Å². The van der Waals surface area contributed by atoms with Crippen LogP contribution in [0, 0.1) is 0 Å². The molecule has 24 heavy (non-hydrogen) atoms. The summed E-state index contributed by atoms with van der Waals surface area (Å²) in [6.45, 7) is 0.479. The molecule has 0 aliphatic rings. The Labute approximate surface area is 140 Å². The molecule has 0 fully saturated rings. The zero-order valence-corrected chi connectivity index (χ0v) is 13.2. The van der Waals surface area contributed by atoms with Gasteiger partial charge in [-0.15, -0.1) is 0 Å². The first-order chi connectivity index (χ1) is 11.7. The summed E-state index contributed by atoms with van der Waals surface area (Å²) in [6.07, 6.45) is 1.63. The number of anilines is 1. The van der Waals surface area contributed by atoms with Crippen molar-refractivity contribution in [2.24, 2.45) is 0 Å². The number of hydrogen-bond donors (Lipinski definition) is 0. The third-order valence-electron chi connectivity index (χ3n) is 3.76. The van der Waals surface area contributed by atoms with E-state index in [-0.39, 0.29) is 18.0 Å². The van der Waals surface area contributed by atoms with E-state index in [1.165, 1.54) is 10.6 Å². The Hall–Kier alpha value is -3.14. The smallest absolute Gasteiger partial charge is 0.250 e. The molecular formula is C20H18N2O2. The monoisotopic (exact) mass is 318 g/mol. The van der Waals surface area contributed by atoms with Crippen molar-refractivity contribution in [2.75, 3.05) is 4.90 Å². The molecule has 1 heterocycles. The van der Waals surface area contributed by atoms with Crippen molar-refractivity contribution in [3.8, 4) is 0 Å². The maximum Gasteiger partial charge on any atom is 0.250 e. The van der Waals surface area contributed by atoms with Gasteiger partial charge in [-0.2, -0.15) is 0 Å². The number of benzene rings is 2. The molecule has 0 saturated carbocycles. The fourth-order valence-corrected chi connectivity index (χ4v) is 2.52. The molecule has 0 bridgehead atoms. The molecule has 0 aliphatic heterocycles. The van der Waals surface area contributed by atoms with Gasteiger partial charge in [-0.3, -0.25) is 9.59 Å². The highest BCUT2D eigenvalue weighted by molar-refractivity contribution is 5.93. The maximum absolute atomic E-state index is 12.8.